The van der Waals surface area contributed by atoms with E-state index < -0.39 is 12.2 Å². The molecule has 0 aliphatic carbocycles. The highest BCUT2D eigenvalue weighted by Gasteiger charge is 2.18. The van der Waals surface area contributed by atoms with E-state index in [0.29, 0.717) is 0 Å². The van der Waals surface area contributed by atoms with E-state index in [1.165, 1.54) is 22.7 Å². The van der Waals surface area contributed by atoms with Crippen molar-refractivity contribution in [3.05, 3.63) is 77.0 Å². The predicted molar refractivity (Wildman–Crippen MR) is 98.6 cm³/mol. The van der Waals surface area contributed by atoms with Crippen molar-refractivity contribution < 1.29 is 10.2 Å². The van der Waals surface area contributed by atoms with Gasteiger partial charge in [0, 0.05) is 8.95 Å². The molecular weight excluding hydrogens is 448 g/mol. The van der Waals surface area contributed by atoms with Gasteiger partial charge in [-0.25, -0.2) is 0 Å². The molecule has 114 valence electrons. The van der Waals surface area contributed by atoms with Crippen molar-refractivity contribution in [3.8, 4) is 0 Å². The van der Waals surface area contributed by atoms with Gasteiger partial charge in [0.15, 0.2) is 0 Å². The Morgan fingerprint density at radius 3 is 1.32 bits per heavy atom. The molecular formula is C16H12Br2O2S2. The first kappa shape index (κ1) is 16.4. The van der Waals surface area contributed by atoms with E-state index in [9.17, 15) is 10.2 Å². The van der Waals surface area contributed by atoms with E-state index in [1.54, 1.807) is 0 Å². The summed E-state index contributed by atoms with van der Waals surface area (Å²) in [5.41, 5.74) is 1.62. The van der Waals surface area contributed by atoms with E-state index in [4.69, 9.17) is 0 Å². The lowest BCUT2D eigenvalue weighted by atomic mass is 10.0. The topological polar surface area (TPSA) is 40.5 Å². The first-order valence-corrected chi connectivity index (χ1v) is 9.84. The van der Waals surface area contributed by atoms with Gasteiger partial charge < -0.3 is 10.2 Å². The molecule has 0 amide bonds. The Labute approximate surface area is 153 Å². The first-order chi connectivity index (χ1) is 10.6. The Hall–Kier alpha value is -0.500. The van der Waals surface area contributed by atoms with Crippen LogP contribution >= 0.6 is 54.5 Å². The Balaban J connectivity index is 1.84. The second kappa shape index (κ2) is 6.95. The van der Waals surface area contributed by atoms with E-state index >= 15 is 0 Å². The molecule has 2 heterocycles. The number of hydrogen-bond donors (Lipinski definition) is 2. The summed E-state index contributed by atoms with van der Waals surface area (Å²) in [6.45, 7) is 0. The maximum Gasteiger partial charge on any atom is 0.114 e. The Morgan fingerprint density at radius 2 is 1.05 bits per heavy atom. The molecule has 3 rings (SSSR count). The largest absolute Gasteiger partial charge is 0.383 e. The van der Waals surface area contributed by atoms with Crippen LogP contribution in [0.3, 0.4) is 0 Å². The van der Waals surface area contributed by atoms with Crippen LogP contribution in [0, 0.1) is 0 Å². The highest BCUT2D eigenvalue weighted by molar-refractivity contribution is 9.10. The molecule has 0 fully saturated rings. The van der Waals surface area contributed by atoms with Crippen LogP contribution in [0.25, 0.3) is 0 Å². The first-order valence-electron chi connectivity index (χ1n) is 6.49. The summed E-state index contributed by atoms with van der Waals surface area (Å²) in [5, 5.41) is 24.7. The summed E-state index contributed by atoms with van der Waals surface area (Å²) in [6, 6.07) is 11.3. The maximum absolute atomic E-state index is 10.4. The Morgan fingerprint density at radius 1 is 0.682 bits per heavy atom. The molecule has 3 aromatic rings. The standard InChI is InChI=1S/C16H12Br2O2S2/c17-11-5-7-21-15(11)13(19)9-1-2-10(4-3-9)14(20)16-12(18)6-8-22-16/h1-8,13-14,19-20H. The lowest BCUT2D eigenvalue weighted by molar-refractivity contribution is 0.219. The Bertz CT molecular complexity index is 699. The molecule has 6 heteroatoms. The second-order valence-electron chi connectivity index (χ2n) is 4.74. The third kappa shape index (κ3) is 3.22. The van der Waals surface area contributed by atoms with Crippen LogP contribution in [0.5, 0.6) is 0 Å². The monoisotopic (exact) mass is 458 g/mol. The summed E-state index contributed by atoms with van der Waals surface area (Å²) in [6.07, 6.45) is -1.32. The minimum absolute atomic E-state index is 0.658. The number of rotatable bonds is 4. The summed E-state index contributed by atoms with van der Waals surface area (Å²) in [4.78, 5) is 1.77. The van der Waals surface area contributed by atoms with Gasteiger partial charge in [-0.1, -0.05) is 24.3 Å². The molecule has 2 atom stereocenters. The molecule has 0 saturated heterocycles. The van der Waals surface area contributed by atoms with Crippen LogP contribution in [-0.2, 0) is 0 Å². The average Bonchev–Trinajstić information content (AvgIpc) is 3.14. The molecule has 0 spiro atoms. The highest BCUT2D eigenvalue weighted by Crippen LogP contribution is 2.35. The van der Waals surface area contributed by atoms with Crippen LogP contribution in [-0.4, -0.2) is 10.2 Å². The van der Waals surface area contributed by atoms with Crippen molar-refractivity contribution in [3.63, 3.8) is 0 Å². The van der Waals surface area contributed by atoms with Crippen molar-refractivity contribution in [1.29, 1.82) is 0 Å². The predicted octanol–water partition coefficient (Wildman–Crippen LogP) is 5.50. The van der Waals surface area contributed by atoms with Crippen LogP contribution in [0.1, 0.15) is 33.1 Å². The van der Waals surface area contributed by atoms with E-state index in [1.807, 2.05) is 47.2 Å². The van der Waals surface area contributed by atoms with Gasteiger partial charge in [0.1, 0.15) is 12.2 Å². The van der Waals surface area contributed by atoms with Crippen LogP contribution in [0.15, 0.2) is 56.1 Å². The minimum atomic E-state index is -0.658. The van der Waals surface area contributed by atoms with Gasteiger partial charge in [-0.2, -0.15) is 0 Å². The summed E-state index contributed by atoms with van der Waals surface area (Å²) >= 11 is 9.91. The minimum Gasteiger partial charge on any atom is -0.383 e. The van der Waals surface area contributed by atoms with E-state index in [0.717, 1.165) is 29.8 Å². The Kier molecular flexibility index (Phi) is 5.17. The lowest BCUT2D eigenvalue weighted by Crippen LogP contribution is -2.01. The average molecular weight is 460 g/mol. The number of hydrogen-bond acceptors (Lipinski definition) is 4. The molecule has 0 aliphatic heterocycles. The van der Waals surface area contributed by atoms with Gasteiger partial charge in [0.2, 0.25) is 0 Å². The van der Waals surface area contributed by atoms with E-state index in [2.05, 4.69) is 31.9 Å². The lowest BCUT2D eigenvalue weighted by Gasteiger charge is -2.13. The van der Waals surface area contributed by atoms with Gasteiger partial charge in [-0.15, -0.1) is 22.7 Å². The molecule has 2 aromatic heterocycles. The number of halogens is 2. The molecule has 2 N–H and O–H groups in total. The summed E-state index contributed by atoms with van der Waals surface area (Å²) in [5.74, 6) is 0. The fourth-order valence-electron chi connectivity index (χ4n) is 2.16. The summed E-state index contributed by atoms with van der Waals surface area (Å²) in [7, 11) is 0. The third-order valence-corrected chi connectivity index (χ3v) is 7.20. The number of aliphatic hydroxyl groups is 2. The second-order valence-corrected chi connectivity index (χ2v) is 8.34. The molecule has 2 nitrogen and oxygen atoms in total. The fraction of sp³-hybridized carbons (Fsp3) is 0.125. The molecule has 1 aromatic carbocycles. The van der Waals surface area contributed by atoms with Gasteiger partial charge in [0.05, 0.1) is 9.75 Å². The molecule has 0 bridgehead atoms. The molecule has 2 unspecified atom stereocenters. The molecule has 0 aliphatic rings. The van der Waals surface area contributed by atoms with Crippen LogP contribution < -0.4 is 0 Å². The SMILES string of the molecule is OC(c1ccc(C(O)c2sccc2Br)cc1)c1sccc1Br. The zero-order valence-electron chi connectivity index (χ0n) is 11.2. The van der Waals surface area contributed by atoms with Crippen molar-refractivity contribution in [2.75, 3.05) is 0 Å². The number of benzene rings is 1. The van der Waals surface area contributed by atoms with Gasteiger partial charge in [-0.05, 0) is 65.9 Å². The number of thiophene rings is 2. The number of aliphatic hydroxyl groups excluding tert-OH is 2. The molecule has 0 radical (unpaired) electrons. The highest BCUT2D eigenvalue weighted by atomic mass is 79.9. The van der Waals surface area contributed by atoms with E-state index in [-0.39, 0.29) is 0 Å². The van der Waals surface area contributed by atoms with Crippen molar-refractivity contribution in [2.24, 2.45) is 0 Å². The zero-order valence-corrected chi connectivity index (χ0v) is 16.0. The van der Waals surface area contributed by atoms with Crippen LogP contribution in [0.4, 0.5) is 0 Å². The van der Waals surface area contributed by atoms with Crippen molar-refractivity contribution in [2.45, 2.75) is 12.2 Å². The van der Waals surface area contributed by atoms with Crippen molar-refractivity contribution >= 4 is 54.5 Å². The maximum atomic E-state index is 10.4. The summed E-state index contributed by atoms with van der Waals surface area (Å²) < 4.78 is 1.83. The fourth-order valence-corrected chi connectivity index (χ4v) is 5.37. The quantitative estimate of drug-likeness (QED) is 0.540. The van der Waals surface area contributed by atoms with Gasteiger partial charge in [-0.3, -0.25) is 0 Å². The zero-order chi connectivity index (χ0) is 15.7. The normalized spacial score (nSPS) is 14.0. The van der Waals surface area contributed by atoms with Crippen LogP contribution in [0.2, 0.25) is 0 Å². The van der Waals surface area contributed by atoms with Gasteiger partial charge in [0.25, 0.3) is 0 Å². The van der Waals surface area contributed by atoms with Gasteiger partial charge >= 0.3 is 0 Å². The third-order valence-electron chi connectivity index (χ3n) is 3.35. The molecule has 22 heavy (non-hydrogen) atoms. The smallest absolute Gasteiger partial charge is 0.114 e. The van der Waals surface area contributed by atoms with Crippen molar-refractivity contribution in [1.82, 2.24) is 0 Å². The molecule has 0 saturated carbocycles.